The number of morpholine rings is 1. The van der Waals surface area contributed by atoms with Crippen molar-refractivity contribution in [2.75, 3.05) is 26.3 Å². The summed E-state index contributed by atoms with van der Waals surface area (Å²) in [6.07, 6.45) is 1.93. The van der Waals surface area contributed by atoms with Gasteiger partial charge in [0.1, 0.15) is 0 Å². The molecule has 0 aromatic carbocycles. The second-order valence-corrected chi connectivity index (χ2v) is 7.61. The van der Waals surface area contributed by atoms with E-state index in [1.807, 2.05) is 18.7 Å². The molecule has 2 aliphatic rings. The van der Waals surface area contributed by atoms with Crippen LogP contribution < -0.4 is 5.32 Å². The van der Waals surface area contributed by atoms with Gasteiger partial charge in [-0.05, 0) is 38.7 Å². The van der Waals surface area contributed by atoms with Gasteiger partial charge in [-0.2, -0.15) is 5.10 Å². The van der Waals surface area contributed by atoms with Crippen LogP contribution in [0.4, 0.5) is 0 Å². The van der Waals surface area contributed by atoms with Crippen LogP contribution in [0.3, 0.4) is 0 Å². The van der Waals surface area contributed by atoms with E-state index in [4.69, 9.17) is 4.74 Å². The first-order valence-corrected chi connectivity index (χ1v) is 9.80. The molecule has 2 heterocycles. The topological polar surface area (TPSA) is 108 Å². The Morgan fingerprint density at radius 3 is 2.67 bits per heavy atom. The number of aryl methyl sites for hydroxylation is 2. The van der Waals surface area contributed by atoms with Gasteiger partial charge in [0.05, 0.1) is 31.1 Å². The minimum Gasteiger partial charge on any atom is -0.391 e. The van der Waals surface area contributed by atoms with Crippen molar-refractivity contribution >= 4 is 11.8 Å². The lowest BCUT2D eigenvalue weighted by molar-refractivity contribution is -0.142. The van der Waals surface area contributed by atoms with Crippen molar-refractivity contribution in [3.05, 3.63) is 17.0 Å². The molecule has 150 valence electrons. The number of aliphatic hydroxyl groups excluding tert-OH is 1. The number of hydrogen-bond donors (Lipinski definition) is 3. The number of aromatic amines is 1. The van der Waals surface area contributed by atoms with Crippen molar-refractivity contribution in [2.24, 2.45) is 5.92 Å². The van der Waals surface area contributed by atoms with Gasteiger partial charge in [0.25, 0.3) is 0 Å². The molecule has 3 N–H and O–H groups in total. The molecule has 1 aromatic rings. The summed E-state index contributed by atoms with van der Waals surface area (Å²) in [4.78, 5) is 26.7. The molecule has 8 nitrogen and oxygen atoms in total. The molecular weight excluding hydrogens is 348 g/mol. The third-order valence-corrected chi connectivity index (χ3v) is 5.78. The van der Waals surface area contributed by atoms with E-state index >= 15 is 0 Å². The van der Waals surface area contributed by atoms with Gasteiger partial charge in [-0.25, -0.2) is 0 Å². The predicted octanol–water partition coefficient (Wildman–Crippen LogP) is 0.464. The number of aliphatic hydroxyl groups is 1. The normalized spacial score (nSPS) is 26.0. The van der Waals surface area contributed by atoms with Gasteiger partial charge >= 0.3 is 0 Å². The fourth-order valence-electron chi connectivity index (χ4n) is 3.87. The monoisotopic (exact) mass is 378 g/mol. The van der Waals surface area contributed by atoms with Crippen molar-refractivity contribution in [3.8, 4) is 0 Å². The number of amides is 2. The molecular formula is C19H30N4O4. The largest absolute Gasteiger partial charge is 0.391 e. The van der Waals surface area contributed by atoms with Crippen LogP contribution in [0.25, 0.3) is 0 Å². The highest BCUT2D eigenvalue weighted by atomic mass is 16.5. The number of ether oxygens (including phenoxy) is 1. The highest BCUT2D eigenvalue weighted by molar-refractivity contribution is 5.79. The molecule has 1 saturated heterocycles. The van der Waals surface area contributed by atoms with Crippen LogP contribution in [-0.2, 0) is 20.7 Å². The van der Waals surface area contributed by atoms with E-state index in [1.54, 1.807) is 0 Å². The van der Waals surface area contributed by atoms with E-state index in [1.165, 1.54) is 0 Å². The smallest absolute Gasteiger partial charge is 0.225 e. The van der Waals surface area contributed by atoms with Gasteiger partial charge in [0, 0.05) is 37.5 Å². The summed E-state index contributed by atoms with van der Waals surface area (Å²) in [6.45, 7) is 6.35. The maximum atomic E-state index is 12.6. The molecule has 0 radical (unpaired) electrons. The zero-order valence-corrected chi connectivity index (χ0v) is 16.2. The molecule has 8 heteroatoms. The van der Waals surface area contributed by atoms with E-state index < -0.39 is 6.10 Å². The van der Waals surface area contributed by atoms with Gasteiger partial charge < -0.3 is 20.1 Å². The second-order valence-electron chi connectivity index (χ2n) is 7.61. The summed E-state index contributed by atoms with van der Waals surface area (Å²) in [7, 11) is 0. The molecule has 0 bridgehead atoms. The third kappa shape index (κ3) is 4.87. The Balaban J connectivity index is 1.44. The number of carbonyl (C=O) groups excluding carboxylic acids is 2. The van der Waals surface area contributed by atoms with Crippen LogP contribution in [0.1, 0.15) is 42.6 Å². The number of nitrogens with one attached hydrogen (secondary N) is 2. The Hall–Kier alpha value is -1.93. The lowest BCUT2D eigenvalue weighted by atomic mass is 9.83. The minimum absolute atomic E-state index is 0.0861. The summed E-state index contributed by atoms with van der Waals surface area (Å²) in [5, 5.41) is 20.5. The highest BCUT2D eigenvalue weighted by Crippen LogP contribution is 2.27. The summed E-state index contributed by atoms with van der Waals surface area (Å²) in [6, 6.07) is -0.284. The van der Waals surface area contributed by atoms with Crippen molar-refractivity contribution in [3.63, 3.8) is 0 Å². The average Bonchev–Trinajstić information content (AvgIpc) is 3.00. The van der Waals surface area contributed by atoms with Crippen LogP contribution >= 0.6 is 0 Å². The molecule has 2 amide bonds. The van der Waals surface area contributed by atoms with Crippen LogP contribution in [0.2, 0.25) is 0 Å². The van der Waals surface area contributed by atoms with E-state index in [-0.39, 0.29) is 23.8 Å². The Kier molecular flexibility index (Phi) is 6.49. The number of H-pyrrole nitrogens is 1. The van der Waals surface area contributed by atoms with Crippen molar-refractivity contribution in [1.29, 1.82) is 0 Å². The number of nitrogens with zero attached hydrogens (tertiary/aromatic N) is 2. The molecule has 2 fully saturated rings. The number of aromatic nitrogens is 2. The first kappa shape index (κ1) is 19.8. The van der Waals surface area contributed by atoms with Gasteiger partial charge in [0.2, 0.25) is 11.8 Å². The Morgan fingerprint density at radius 2 is 2.04 bits per heavy atom. The standard InChI is InChI=1S/C19H30N4O4/c1-12-13(2)21-22-15(12)5-6-18(25)20-16-4-3-14(11-17(16)24)19(26)23-7-9-27-10-8-23/h14,16-17,24H,3-11H2,1-2H3,(H,20,25)(H,21,22)/t14-,16-,17-/m0/s1. The van der Waals surface area contributed by atoms with Gasteiger partial charge in [-0.3, -0.25) is 14.7 Å². The maximum Gasteiger partial charge on any atom is 0.225 e. The number of rotatable bonds is 5. The number of carbonyl (C=O) groups is 2. The van der Waals surface area contributed by atoms with Crippen LogP contribution in [0.15, 0.2) is 0 Å². The molecule has 0 unspecified atom stereocenters. The van der Waals surface area contributed by atoms with Gasteiger partial charge in [-0.1, -0.05) is 0 Å². The predicted molar refractivity (Wildman–Crippen MR) is 99.1 cm³/mol. The molecule has 27 heavy (non-hydrogen) atoms. The summed E-state index contributed by atoms with van der Waals surface area (Å²) in [5.74, 6) is -0.149. The Labute approximate surface area is 159 Å². The Morgan fingerprint density at radius 1 is 1.30 bits per heavy atom. The number of hydrogen-bond acceptors (Lipinski definition) is 5. The van der Waals surface area contributed by atoms with E-state index in [2.05, 4.69) is 15.5 Å². The molecule has 1 aromatic heterocycles. The SMILES string of the molecule is Cc1[nH]nc(CCC(=O)N[C@H]2CC[C@H](C(=O)N3CCOCC3)C[C@@H]2O)c1C. The van der Waals surface area contributed by atoms with Crippen molar-refractivity contribution in [2.45, 2.75) is 58.1 Å². The minimum atomic E-state index is -0.688. The molecule has 1 aliphatic heterocycles. The second kappa shape index (κ2) is 8.84. The summed E-state index contributed by atoms with van der Waals surface area (Å²) >= 11 is 0. The first-order chi connectivity index (χ1) is 13.0. The highest BCUT2D eigenvalue weighted by Gasteiger charge is 2.35. The fourth-order valence-corrected chi connectivity index (χ4v) is 3.87. The van der Waals surface area contributed by atoms with Gasteiger partial charge in [-0.15, -0.1) is 0 Å². The quantitative estimate of drug-likeness (QED) is 0.690. The molecule has 1 aliphatic carbocycles. The lowest BCUT2D eigenvalue weighted by Crippen LogP contribution is -2.51. The third-order valence-electron chi connectivity index (χ3n) is 5.78. The molecule has 3 rings (SSSR count). The van der Waals surface area contributed by atoms with E-state index in [9.17, 15) is 14.7 Å². The Bertz CT molecular complexity index is 669. The molecule has 0 spiro atoms. The lowest BCUT2D eigenvalue weighted by Gasteiger charge is -2.36. The van der Waals surface area contributed by atoms with E-state index in [0.717, 1.165) is 17.0 Å². The zero-order chi connectivity index (χ0) is 19.4. The van der Waals surface area contributed by atoms with Crippen molar-refractivity contribution in [1.82, 2.24) is 20.4 Å². The molecule has 1 saturated carbocycles. The van der Waals surface area contributed by atoms with Gasteiger partial charge in [0.15, 0.2) is 0 Å². The summed E-state index contributed by atoms with van der Waals surface area (Å²) < 4.78 is 5.29. The first-order valence-electron chi connectivity index (χ1n) is 9.80. The van der Waals surface area contributed by atoms with Crippen molar-refractivity contribution < 1.29 is 19.4 Å². The maximum absolute atomic E-state index is 12.6. The zero-order valence-electron chi connectivity index (χ0n) is 16.2. The average molecular weight is 378 g/mol. The molecule has 3 atom stereocenters. The fraction of sp³-hybridized carbons (Fsp3) is 0.737. The van der Waals surface area contributed by atoms with Crippen LogP contribution in [0.5, 0.6) is 0 Å². The van der Waals surface area contributed by atoms with E-state index in [0.29, 0.717) is 58.4 Å². The van der Waals surface area contributed by atoms with Crippen LogP contribution in [-0.4, -0.2) is 70.5 Å². The van der Waals surface area contributed by atoms with Crippen LogP contribution in [0, 0.1) is 19.8 Å². The summed E-state index contributed by atoms with van der Waals surface area (Å²) in [5.41, 5.74) is 3.01.